The summed E-state index contributed by atoms with van der Waals surface area (Å²) >= 11 is 0. The third-order valence-corrected chi connectivity index (χ3v) is 4.15. The van der Waals surface area contributed by atoms with Crippen molar-refractivity contribution in [3.63, 3.8) is 0 Å². The van der Waals surface area contributed by atoms with Gasteiger partial charge in [-0.25, -0.2) is 0 Å². The molecule has 0 aromatic rings. The van der Waals surface area contributed by atoms with E-state index in [4.69, 9.17) is 8.92 Å². The van der Waals surface area contributed by atoms with Crippen molar-refractivity contribution in [3.05, 3.63) is 0 Å². The number of carbonyl (C=O) groups is 1. The Kier molecular flexibility index (Phi) is 2.31. The molecule has 1 atom stereocenters. The van der Waals surface area contributed by atoms with Gasteiger partial charge in [-0.05, 0) is 18.8 Å². The highest BCUT2D eigenvalue weighted by Gasteiger charge is 2.70. The smallest absolute Gasteiger partial charge is 0.312 e. The molecule has 6 heteroatoms. The van der Waals surface area contributed by atoms with Crippen molar-refractivity contribution in [2.45, 2.75) is 12.8 Å². The summed E-state index contributed by atoms with van der Waals surface area (Å²) in [4.78, 5) is 11.5. The highest BCUT2D eigenvalue weighted by molar-refractivity contribution is 7.85. The van der Waals surface area contributed by atoms with Gasteiger partial charge in [-0.2, -0.15) is 8.42 Å². The first-order valence-corrected chi connectivity index (χ1v) is 6.63. The predicted molar refractivity (Wildman–Crippen MR) is 51.5 cm³/mol. The van der Waals surface area contributed by atoms with E-state index in [1.807, 2.05) is 0 Å². The molecular weight excluding hydrogens is 220 g/mol. The highest BCUT2D eigenvalue weighted by atomic mass is 32.2. The Morgan fingerprint density at radius 3 is 2.40 bits per heavy atom. The molecule has 15 heavy (non-hydrogen) atoms. The van der Waals surface area contributed by atoms with E-state index in [1.54, 1.807) is 0 Å². The Labute approximate surface area is 88.9 Å². The predicted octanol–water partition coefficient (Wildman–Crippen LogP) is 0.162. The van der Waals surface area contributed by atoms with Crippen LogP contribution in [-0.2, 0) is 23.8 Å². The third-order valence-electron chi connectivity index (χ3n) is 3.59. The van der Waals surface area contributed by atoms with Crippen LogP contribution in [0, 0.1) is 17.3 Å². The molecule has 3 rings (SSSR count). The SMILES string of the molecule is COC(=O)C12CC(C1)C2COS(C)(=O)=O. The molecule has 0 aromatic heterocycles. The zero-order valence-electron chi connectivity index (χ0n) is 8.73. The van der Waals surface area contributed by atoms with Crippen molar-refractivity contribution in [1.82, 2.24) is 0 Å². The lowest BCUT2D eigenvalue weighted by Crippen LogP contribution is -2.67. The largest absolute Gasteiger partial charge is 0.469 e. The second-order valence-electron chi connectivity index (χ2n) is 4.41. The maximum Gasteiger partial charge on any atom is 0.312 e. The van der Waals surface area contributed by atoms with Crippen LogP contribution in [0.25, 0.3) is 0 Å². The van der Waals surface area contributed by atoms with Gasteiger partial charge in [0.2, 0.25) is 0 Å². The van der Waals surface area contributed by atoms with Crippen molar-refractivity contribution in [3.8, 4) is 0 Å². The van der Waals surface area contributed by atoms with Gasteiger partial charge in [0.15, 0.2) is 0 Å². The molecule has 5 nitrogen and oxygen atoms in total. The molecule has 0 radical (unpaired) electrons. The van der Waals surface area contributed by atoms with Crippen LogP contribution in [-0.4, -0.2) is 34.4 Å². The lowest BCUT2D eigenvalue weighted by Gasteiger charge is -2.65. The van der Waals surface area contributed by atoms with E-state index in [0.29, 0.717) is 5.92 Å². The molecule has 3 aliphatic rings. The first-order chi connectivity index (χ1) is 6.89. The van der Waals surface area contributed by atoms with Gasteiger partial charge < -0.3 is 4.74 Å². The van der Waals surface area contributed by atoms with E-state index in [-0.39, 0.29) is 18.5 Å². The number of hydrogen-bond acceptors (Lipinski definition) is 5. The van der Waals surface area contributed by atoms with Crippen LogP contribution >= 0.6 is 0 Å². The van der Waals surface area contributed by atoms with Crippen molar-refractivity contribution in [1.29, 1.82) is 0 Å². The van der Waals surface area contributed by atoms with Crippen LogP contribution < -0.4 is 0 Å². The number of hydrogen-bond donors (Lipinski definition) is 0. The molecule has 0 saturated heterocycles. The van der Waals surface area contributed by atoms with Gasteiger partial charge in [0, 0.05) is 5.92 Å². The molecule has 2 bridgehead atoms. The quantitative estimate of drug-likeness (QED) is 0.512. The summed E-state index contributed by atoms with van der Waals surface area (Å²) in [6.45, 7) is 0.110. The highest BCUT2D eigenvalue weighted by Crippen LogP contribution is 2.69. The summed E-state index contributed by atoms with van der Waals surface area (Å²) < 4.78 is 31.0. The van der Waals surface area contributed by atoms with Crippen LogP contribution in [0.3, 0.4) is 0 Å². The van der Waals surface area contributed by atoms with E-state index in [0.717, 1.165) is 19.1 Å². The summed E-state index contributed by atoms with van der Waals surface area (Å²) in [5.41, 5.74) is -0.440. The summed E-state index contributed by atoms with van der Waals surface area (Å²) in [6.07, 6.45) is 2.65. The van der Waals surface area contributed by atoms with Gasteiger partial charge in [-0.3, -0.25) is 8.98 Å². The van der Waals surface area contributed by atoms with Gasteiger partial charge in [0.05, 0.1) is 25.4 Å². The zero-order valence-corrected chi connectivity index (χ0v) is 9.54. The van der Waals surface area contributed by atoms with Gasteiger partial charge in [0.25, 0.3) is 10.1 Å². The number of rotatable bonds is 4. The van der Waals surface area contributed by atoms with Crippen LogP contribution in [0.1, 0.15) is 12.8 Å². The minimum Gasteiger partial charge on any atom is -0.469 e. The summed E-state index contributed by atoms with van der Waals surface area (Å²) in [5.74, 6) is 0.234. The van der Waals surface area contributed by atoms with Crippen molar-refractivity contribution in [2.24, 2.45) is 17.3 Å². The second-order valence-corrected chi connectivity index (χ2v) is 6.06. The van der Waals surface area contributed by atoms with Gasteiger partial charge in [-0.1, -0.05) is 0 Å². The van der Waals surface area contributed by atoms with Crippen LogP contribution in [0.4, 0.5) is 0 Å². The molecule has 0 heterocycles. The Morgan fingerprint density at radius 2 is 2.07 bits per heavy atom. The fraction of sp³-hybridized carbons (Fsp3) is 0.889. The number of methoxy groups -OCH3 is 1. The van der Waals surface area contributed by atoms with Gasteiger partial charge in [-0.15, -0.1) is 0 Å². The van der Waals surface area contributed by atoms with E-state index >= 15 is 0 Å². The first-order valence-electron chi connectivity index (χ1n) is 4.82. The first kappa shape index (κ1) is 10.9. The molecule has 0 spiro atoms. The average Bonchev–Trinajstić information content (AvgIpc) is 1.97. The molecule has 0 N–H and O–H groups in total. The van der Waals surface area contributed by atoms with E-state index in [9.17, 15) is 13.2 Å². The summed E-state index contributed by atoms with van der Waals surface area (Å²) in [5, 5.41) is 0. The Morgan fingerprint density at radius 1 is 1.47 bits per heavy atom. The van der Waals surface area contributed by atoms with Crippen molar-refractivity contribution < 1.29 is 22.1 Å². The standard InChI is InChI=1S/C9H14O5S/c1-13-8(10)9-3-6(4-9)7(9)5-14-15(2,11)12/h6-7H,3-5H2,1-2H3. The number of carbonyl (C=O) groups excluding carboxylic acids is 1. The zero-order chi connectivity index (χ0) is 11.3. The second kappa shape index (κ2) is 3.18. The molecule has 1 unspecified atom stereocenters. The monoisotopic (exact) mass is 234 g/mol. The minimum absolute atomic E-state index is 0.0275. The molecular formula is C9H14O5S. The van der Waals surface area contributed by atoms with Crippen molar-refractivity contribution in [2.75, 3.05) is 20.0 Å². The molecule has 0 amide bonds. The summed E-state index contributed by atoms with van der Waals surface area (Å²) in [6, 6.07) is 0. The Hall–Kier alpha value is -0.620. The number of ether oxygens (including phenoxy) is 1. The average molecular weight is 234 g/mol. The van der Waals surface area contributed by atoms with Gasteiger partial charge in [0.1, 0.15) is 0 Å². The fourth-order valence-corrected chi connectivity index (χ4v) is 3.00. The normalized spacial score (nSPS) is 37.7. The van der Waals surface area contributed by atoms with Crippen molar-refractivity contribution >= 4 is 16.1 Å². The summed E-state index contributed by atoms with van der Waals surface area (Å²) in [7, 11) is -2.05. The van der Waals surface area contributed by atoms with Crippen LogP contribution in [0.15, 0.2) is 0 Å². The lowest BCUT2D eigenvalue weighted by molar-refractivity contribution is -0.225. The lowest BCUT2D eigenvalue weighted by atomic mass is 9.38. The molecule has 86 valence electrons. The maximum atomic E-state index is 11.5. The van der Waals surface area contributed by atoms with E-state index in [1.165, 1.54) is 7.11 Å². The van der Waals surface area contributed by atoms with Crippen LogP contribution in [0.2, 0.25) is 0 Å². The molecule has 0 aliphatic heterocycles. The fourth-order valence-electron chi connectivity index (χ4n) is 2.61. The molecule has 3 aliphatic carbocycles. The molecule has 3 saturated carbocycles. The van der Waals surface area contributed by atoms with Crippen LogP contribution in [0.5, 0.6) is 0 Å². The van der Waals surface area contributed by atoms with E-state index < -0.39 is 15.5 Å². The van der Waals surface area contributed by atoms with E-state index in [2.05, 4.69) is 0 Å². The van der Waals surface area contributed by atoms with Gasteiger partial charge >= 0.3 is 5.97 Å². The third kappa shape index (κ3) is 1.56. The topological polar surface area (TPSA) is 69.7 Å². The molecule has 3 fully saturated rings. The maximum absolute atomic E-state index is 11.5. The minimum atomic E-state index is -3.41. The molecule has 0 aromatic carbocycles. The Bertz CT molecular complexity index is 379. The Balaban J connectivity index is 1.94. The number of esters is 1.